The van der Waals surface area contributed by atoms with Gasteiger partial charge in [-0.2, -0.15) is 4.31 Å². The van der Waals surface area contributed by atoms with Crippen molar-refractivity contribution in [2.75, 3.05) is 19.7 Å². The van der Waals surface area contributed by atoms with Crippen molar-refractivity contribution in [2.45, 2.75) is 38.2 Å². The van der Waals surface area contributed by atoms with Crippen molar-refractivity contribution in [1.29, 1.82) is 0 Å². The Balaban J connectivity index is 2.46. The fourth-order valence-electron chi connectivity index (χ4n) is 2.61. The maximum absolute atomic E-state index is 13.3. The molecule has 0 spiro atoms. The molecule has 112 valence electrons. The molecule has 2 rings (SSSR count). The van der Waals surface area contributed by atoms with Crippen molar-refractivity contribution in [1.82, 2.24) is 4.31 Å². The minimum absolute atomic E-state index is 0.205. The van der Waals surface area contributed by atoms with Gasteiger partial charge >= 0.3 is 0 Å². The summed E-state index contributed by atoms with van der Waals surface area (Å²) in [6.45, 7) is 7.94. The predicted molar refractivity (Wildman–Crippen MR) is 74.7 cm³/mol. The van der Waals surface area contributed by atoms with E-state index in [1.165, 1.54) is 16.4 Å². The van der Waals surface area contributed by atoms with E-state index in [2.05, 4.69) is 0 Å². The van der Waals surface area contributed by atoms with Crippen molar-refractivity contribution < 1.29 is 17.5 Å². The van der Waals surface area contributed by atoms with E-state index in [4.69, 9.17) is 4.74 Å². The third-order valence-electron chi connectivity index (χ3n) is 3.41. The lowest BCUT2D eigenvalue weighted by atomic mass is 10.1. The number of aryl methyl sites for hydroxylation is 2. The Morgan fingerprint density at radius 3 is 2.30 bits per heavy atom. The summed E-state index contributed by atoms with van der Waals surface area (Å²) in [6.07, 6.45) is 0. The summed E-state index contributed by atoms with van der Waals surface area (Å²) in [5, 5.41) is 0. The van der Waals surface area contributed by atoms with Gasteiger partial charge in [0.15, 0.2) is 0 Å². The zero-order valence-electron chi connectivity index (χ0n) is 12.2. The zero-order valence-corrected chi connectivity index (χ0v) is 13.1. The highest BCUT2D eigenvalue weighted by atomic mass is 32.2. The molecule has 0 N–H and O–H groups in total. The molecule has 1 heterocycles. The zero-order chi connectivity index (χ0) is 15.1. The number of hydrogen-bond acceptors (Lipinski definition) is 3. The highest BCUT2D eigenvalue weighted by Crippen LogP contribution is 2.28. The first-order chi connectivity index (χ1) is 9.13. The molecule has 0 radical (unpaired) electrons. The van der Waals surface area contributed by atoms with Crippen LogP contribution in [0.25, 0.3) is 0 Å². The normalized spacial score (nSPS) is 20.1. The largest absolute Gasteiger partial charge is 0.373 e. The molecule has 0 aromatic heterocycles. The second-order valence-corrected chi connectivity index (χ2v) is 7.69. The number of halogens is 1. The molecule has 0 atom stereocenters. The van der Waals surface area contributed by atoms with Gasteiger partial charge in [-0.3, -0.25) is 0 Å². The average Bonchev–Trinajstić information content (AvgIpc) is 2.25. The van der Waals surface area contributed by atoms with Crippen LogP contribution >= 0.6 is 0 Å². The molecule has 1 aromatic rings. The second kappa shape index (κ2) is 5.09. The Morgan fingerprint density at radius 2 is 1.80 bits per heavy atom. The monoisotopic (exact) mass is 301 g/mol. The minimum Gasteiger partial charge on any atom is -0.373 e. The fraction of sp³-hybridized carbons (Fsp3) is 0.571. The van der Waals surface area contributed by atoms with Gasteiger partial charge in [0, 0.05) is 13.1 Å². The molecule has 1 aromatic carbocycles. The van der Waals surface area contributed by atoms with Crippen molar-refractivity contribution >= 4 is 10.0 Å². The van der Waals surface area contributed by atoms with Gasteiger partial charge < -0.3 is 4.74 Å². The number of benzene rings is 1. The molecule has 1 aliphatic rings. The van der Waals surface area contributed by atoms with Crippen LogP contribution < -0.4 is 0 Å². The molecule has 20 heavy (non-hydrogen) atoms. The smallest absolute Gasteiger partial charge is 0.243 e. The summed E-state index contributed by atoms with van der Waals surface area (Å²) in [5.74, 6) is -0.416. The summed E-state index contributed by atoms with van der Waals surface area (Å²) in [6, 6.07) is 2.51. The van der Waals surface area contributed by atoms with Gasteiger partial charge in [-0.05, 0) is 51.0 Å². The Labute approximate surface area is 119 Å². The fourth-order valence-corrected chi connectivity index (χ4v) is 4.60. The molecule has 0 aliphatic carbocycles. The van der Waals surface area contributed by atoms with Crippen LogP contribution in [-0.4, -0.2) is 38.0 Å². The highest BCUT2D eigenvalue weighted by Gasteiger charge is 2.36. The van der Waals surface area contributed by atoms with Crippen molar-refractivity contribution in [2.24, 2.45) is 0 Å². The lowest BCUT2D eigenvalue weighted by molar-refractivity contribution is -0.0640. The summed E-state index contributed by atoms with van der Waals surface area (Å²) in [7, 11) is -3.62. The van der Waals surface area contributed by atoms with E-state index in [1.807, 2.05) is 13.8 Å². The van der Waals surface area contributed by atoms with Gasteiger partial charge in [0.2, 0.25) is 10.0 Å². The quantitative estimate of drug-likeness (QED) is 0.841. The van der Waals surface area contributed by atoms with Gasteiger partial charge in [-0.1, -0.05) is 0 Å². The number of morpholine rings is 1. The molecule has 1 saturated heterocycles. The average molecular weight is 301 g/mol. The van der Waals surface area contributed by atoms with E-state index >= 15 is 0 Å². The van der Waals surface area contributed by atoms with Crippen LogP contribution in [0, 0.1) is 19.7 Å². The first-order valence-electron chi connectivity index (χ1n) is 6.54. The van der Waals surface area contributed by atoms with E-state index in [-0.39, 0.29) is 4.90 Å². The van der Waals surface area contributed by atoms with Crippen LogP contribution in [0.2, 0.25) is 0 Å². The van der Waals surface area contributed by atoms with Crippen molar-refractivity contribution in [3.05, 3.63) is 29.1 Å². The molecular formula is C14H20FNO3S. The summed E-state index contributed by atoms with van der Waals surface area (Å²) < 4.78 is 45.8. The first kappa shape index (κ1) is 15.4. The lowest BCUT2D eigenvalue weighted by Crippen LogP contribution is -2.50. The molecule has 0 amide bonds. The van der Waals surface area contributed by atoms with Crippen molar-refractivity contribution in [3.8, 4) is 0 Å². The second-order valence-electron chi connectivity index (χ2n) is 5.82. The Bertz CT molecular complexity index is 602. The Kier molecular flexibility index (Phi) is 3.92. The van der Waals surface area contributed by atoms with Gasteiger partial charge in [-0.25, -0.2) is 12.8 Å². The van der Waals surface area contributed by atoms with E-state index < -0.39 is 21.4 Å². The van der Waals surface area contributed by atoms with Crippen LogP contribution in [0.4, 0.5) is 4.39 Å². The number of rotatable bonds is 2. The molecule has 0 unspecified atom stereocenters. The van der Waals surface area contributed by atoms with Crippen LogP contribution in [0.3, 0.4) is 0 Å². The lowest BCUT2D eigenvalue weighted by Gasteiger charge is -2.37. The highest BCUT2D eigenvalue weighted by molar-refractivity contribution is 7.89. The SMILES string of the molecule is Cc1cc(F)cc(C)c1S(=O)(=O)N1CCOC(C)(C)C1. The van der Waals surface area contributed by atoms with Crippen LogP contribution in [0.15, 0.2) is 17.0 Å². The van der Waals surface area contributed by atoms with E-state index in [0.717, 1.165) is 0 Å². The molecule has 0 bridgehead atoms. The van der Waals surface area contributed by atoms with E-state index in [9.17, 15) is 12.8 Å². The van der Waals surface area contributed by atoms with Crippen LogP contribution in [-0.2, 0) is 14.8 Å². The van der Waals surface area contributed by atoms with Crippen LogP contribution in [0.5, 0.6) is 0 Å². The minimum atomic E-state index is -3.62. The standard InChI is InChI=1S/C14H20FNO3S/c1-10-7-12(15)8-11(2)13(10)20(17,18)16-5-6-19-14(3,4)9-16/h7-8H,5-6,9H2,1-4H3. The molecule has 0 saturated carbocycles. The van der Waals surface area contributed by atoms with Crippen molar-refractivity contribution in [3.63, 3.8) is 0 Å². The summed E-state index contributed by atoms with van der Waals surface area (Å²) >= 11 is 0. The summed E-state index contributed by atoms with van der Waals surface area (Å²) in [4.78, 5) is 0.205. The van der Waals surface area contributed by atoms with Gasteiger partial charge in [0.05, 0.1) is 17.1 Å². The molecular weight excluding hydrogens is 281 g/mol. The molecule has 1 aliphatic heterocycles. The number of ether oxygens (including phenoxy) is 1. The number of nitrogens with zero attached hydrogens (tertiary/aromatic N) is 1. The number of sulfonamides is 1. The van der Waals surface area contributed by atoms with E-state index in [0.29, 0.717) is 30.8 Å². The Morgan fingerprint density at radius 1 is 1.25 bits per heavy atom. The molecule has 6 heteroatoms. The molecule has 1 fully saturated rings. The maximum atomic E-state index is 13.3. The third-order valence-corrected chi connectivity index (χ3v) is 5.56. The maximum Gasteiger partial charge on any atom is 0.243 e. The summed E-state index contributed by atoms with van der Waals surface area (Å²) in [5.41, 5.74) is 0.367. The number of hydrogen-bond donors (Lipinski definition) is 0. The van der Waals surface area contributed by atoms with Gasteiger partial charge in [0.1, 0.15) is 5.82 Å². The topological polar surface area (TPSA) is 46.6 Å². The van der Waals surface area contributed by atoms with Gasteiger partial charge in [-0.15, -0.1) is 0 Å². The Hall–Kier alpha value is -0.980. The molecule has 4 nitrogen and oxygen atoms in total. The van der Waals surface area contributed by atoms with Gasteiger partial charge in [0.25, 0.3) is 0 Å². The third kappa shape index (κ3) is 2.87. The van der Waals surface area contributed by atoms with E-state index in [1.54, 1.807) is 13.8 Å². The van der Waals surface area contributed by atoms with Crippen LogP contribution in [0.1, 0.15) is 25.0 Å². The first-order valence-corrected chi connectivity index (χ1v) is 7.98. The predicted octanol–water partition coefficient (Wildman–Crippen LogP) is 2.24.